The predicted octanol–water partition coefficient (Wildman–Crippen LogP) is 3.08. The fraction of sp³-hybridized carbons (Fsp3) is 0.652. The van der Waals surface area contributed by atoms with Crippen LogP contribution in [0.25, 0.3) is 0 Å². The van der Waals surface area contributed by atoms with Crippen molar-refractivity contribution in [1.29, 1.82) is 0 Å². The van der Waals surface area contributed by atoms with Crippen LogP contribution in [0.5, 0.6) is 5.75 Å². The van der Waals surface area contributed by atoms with Crippen LogP contribution in [0.2, 0.25) is 0 Å². The number of ketones is 1. The molecule has 5 aliphatic carbocycles. The van der Waals surface area contributed by atoms with Crippen molar-refractivity contribution in [3.05, 3.63) is 23.8 Å². The average molecular weight is 448 g/mol. The fourth-order valence-corrected chi connectivity index (χ4v) is 7.82. The number of methoxy groups -OCH3 is 1. The van der Waals surface area contributed by atoms with Crippen molar-refractivity contribution in [2.45, 2.75) is 62.3 Å². The molecule has 5 saturated carbocycles. The molecule has 0 aromatic heterocycles. The number of carbonyl (C=O) groups is 2. The summed E-state index contributed by atoms with van der Waals surface area (Å²) in [6.07, 6.45) is 8.10. The lowest BCUT2D eigenvalue weighted by atomic mass is 9.48. The van der Waals surface area contributed by atoms with Crippen molar-refractivity contribution in [2.24, 2.45) is 23.2 Å². The second-order valence-corrected chi connectivity index (χ2v) is 11.6. The Morgan fingerprint density at radius 2 is 1.68 bits per heavy atom. The normalized spacial score (nSPS) is 31.5. The standard InChI is InChI=1S/C23H29NO6S/c1-29-19-5-2-17(9-20(19)31(27,28)24-18-3-4-18)22(26)30-13-21(25)23-10-14-6-15(11-23)8-16(7-14)12-23/h2,5,9,14-16,18,24H,3-4,6-8,10-13H2,1H3. The van der Waals surface area contributed by atoms with Crippen LogP contribution in [0.3, 0.4) is 0 Å². The predicted molar refractivity (Wildman–Crippen MR) is 112 cm³/mol. The lowest BCUT2D eigenvalue weighted by molar-refractivity contribution is -0.147. The Morgan fingerprint density at radius 1 is 1.06 bits per heavy atom. The van der Waals surface area contributed by atoms with E-state index in [1.54, 1.807) is 0 Å². The first kappa shape index (κ1) is 20.9. The Morgan fingerprint density at radius 3 is 2.23 bits per heavy atom. The molecule has 0 amide bonds. The van der Waals surface area contributed by atoms with Crippen LogP contribution in [0, 0.1) is 23.2 Å². The zero-order chi connectivity index (χ0) is 21.8. The largest absolute Gasteiger partial charge is 0.495 e. The summed E-state index contributed by atoms with van der Waals surface area (Å²) in [5, 5.41) is 0. The summed E-state index contributed by atoms with van der Waals surface area (Å²) >= 11 is 0. The van der Waals surface area contributed by atoms with Crippen molar-refractivity contribution in [3.63, 3.8) is 0 Å². The Kier molecular flexibility index (Phi) is 5.13. The molecular formula is C23H29NO6S. The Labute approximate surface area is 182 Å². The number of carbonyl (C=O) groups excluding carboxylic acids is 2. The molecule has 1 aromatic rings. The maximum absolute atomic E-state index is 13.1. The molecule has 1 aromatic carbocycles. The highest BCUT2D eigenvalue weighted by Crippen LogP contribution is 2.60. The minimum absolute atomic E-state index is 0.0247. The van der Waals surface area contributed by atoms with Crippen LogP contribution in [0.4, 0.5) is 0 Å². The third kappa shape index (κ3) is 4.00. The summed E-state index contributed by atoms with van der Waals surface area (Å²) in [5.41, 5.74) is -0.229. The molecule has 31 heavy (non-hydrogen) atoms. The van der Waals surface area contributed by atoms with Gasteiger partial charge in [0.15, 0.2) is 12.4 Å². The lowest BCUT2D eigenvalue weighted by Gasteiger charge is -2.55. The highest BCUT2D eigenvalue weighted by atomic mass is 32.2. The van der Waals surface area contributed by atoms with Gasteiger partial charge in [0.25, 0.3) is 0 Å². The maximum Gasteiger partial charge on any atom is 0.338 e. The van der Waals surface area contributed by atoms with Crippen molar-refractivity contribution in [2.75, 3.05) is 13.7 Å². The minimum Gasteiger partial charge on any atom is -0.495 e. The first-order valence-electron chi connectivity index (χ1n) is 11.2. The zero-order valence-corrected chi connectivity index (χ0v) is 18.6. The highest BCUT2D eigenvalue weighted by Gasteiger charge is 2.54. The molecule has 0 radical (unpaired) electrons. The van der Waals surface area contributed by atoms with Crippen LogP contribution in [-0.2, 0) is 19.6 Å². The SMILES string of the molecule is COc1ccc(C(=O)OCC(=O)C23CC4CC(CC(C4)C2)C3)cc1S(=O)(=O)NC1CC1. The van der Waals surface area contributed by atoms with Crippen molar-refractivity contribution in [3.8, 4) is 5.75 Å². The van der Waals surface area contributed by atoms with E-state index in [0.717, 1.165) is 32.1 Å². The Bertz CT molecular complexity index is 978. The number of Topliss-reactive ketones (excluding diaryl/α,β-unsaturated/α-hetero) is 1. The molecule has 0 heterocycles. The van der Waals surface area contributed by atoms with E-state index >= 15 is 0 Å². The molecule has 6 rings (SSSR count). The molecule has 0 spiro atoms. The van der Waals surface area contributed by atoms with Gasteiger partial charge in [0.1, 0.15) is 10.6 Å². The van der Waals surface area contributed by atoms with Crippen molar-refractivity contribution < 1.29 is 27.5 Å². The van der Waals surface area contributed by atoms with Gasteiger partial charge >= 0.3 is 5.97 Å². The summed E-state index contributed by atoms with van der Waals surface area (Å²) in [6, 6.07) is 4.11. The number of rotatable bonds is 8. The number of ether oxygens (including phenoxy) is 2. The molecule has 0 saturated heterocycles. The van der Waals surface area contributed by atoms with Gasteiger partial charge < -0.3 is 9.47 Å². The van der Waals surface area contributed by atoms with Crippen LogP contribution in [0.15, 0.2) is 23.1 Å². The van der Waals surface area contributed by atoms with Crippen LogP contribution < -0.4 is 9.46 Å². The van der Waals surface area contributed by atoms with Crippen LogP contribution in [0.1, 0.15) is 61.7 Å². The molecule has 0 unspecified atom stereocenters. The topological polar surface area (TPSA) is 98.8 Å². The Balaban J connectivity index is 1.28. The van der Waals surface area contributed by atoms with Crippen molar-refractivity contribution >= 4 is 21.8 Å². The maximum atomic E-state index is 13.1. The van der Waals surface area contributed by atoms with E-state index in [4.69, 9.17) is 9.47 Å². The molecule has 4 bridgehead atoms. The zero-order valence-electron chi connectivity index (χ0n) is 17.8. The monoisotopic (exact) mass is 447 g/mol. The number of sulfonamides is 1. The number of hydrogen-bond donors (Lipinski definition) is 1. The Hall–Kier alpha value is -1.93. The molecular weight excluding hydrogens is 418 g/mol. The first-order chi connectivity index (χ1) is 14.8. The summed E-state index contributed by atoms with van der Waals surface area (Å²) in [6.45, 7) is -0.251. The third-order valence-corrected chi connectivity index (χ3v) is 9.09. The second-order valence-electron chi connectivity index (χ2n) is 9.96. The first-order valence-corrected chi connectivity index (χ1v) is 12.7. The van der Waals surface area contributed by atoms with Crippen LogP contribution in [-0.4, -0.2) is 39.9 Å². The van der Waals surface area contributed by atoms with Crippen molar-refractivity contribution in [1.82, 2.24) is 4.72 Å². The third-order valence-electron chi connectivity index (χ3n) is 7.55. The fourth-order valence-electron chi connectivity index (χ4n) is 6.32. The smallest absolute Gasteiger partial charge is 0.338 e. The minimum atomic E-state index is -3.81. The van der Waals surface area contributed by atoms with Gasteiger partial charge in [-0.1, -0.05) is 0 Å². The van der Waals surface area contributed by atoms with Gasteiger partial charge in [-0.05, 0) is 87.3 Å². The van der Waals surface area contributed by atoms with Gasteiger partial charge in [0.05, 0.1) is 12.7 Å². The number of hydrogen-bond acceptors (Lipinski definition) is 6. The second kappa shape index (κ2) is 7.59. The molecule has 8 heteroatoms. The summed E-state index contributed by atoms with van der Waals surface area (Å²) in [5.74, 6) is 1.41. The number of nitrogens with one attached hydrogen (secondary N) is 1. The van der Waals surface area contributed by atoms with E-state index in [1.165, 1.54) is 44.6 Å². The van der Waals surface area contributed by atoms with E-state index in [0.29, 0.717) is 17.8 Å². The van der Waals surface area contributed by atoms with Gasteiger partial charge in [0.2, 0.25) is 10.0 Å². The quantitative estimate of drug-likeness (QED) is 0.615. The molecule has 5 fully saturated rings. The number of benzene rings is 1. The van der Waals surface area contributed by atoms with E-state index in [9.17, 15) is 18.0 Å². The molecule has 1 N–H and O–H groups in total. The molecule has 7 nitrogen and oxygen atoms in total. The lowest BCUT2D eigenvalue weighted by Crippen LogP contribution is -2.51. The molecule has 0 aliphatic heterocycles. The van der Waals surface area contributed by atoms with Gasteiger partial charge in [-0.25, -0.2) is 17.9 Å². The summed E-state index contributed by atoms with van der Waals surface area (Å²) in [7, 11) is -2.42. The average Bonchev–Trinajstić information content (AvgIpc) is 3.53. The van der Waals surface area contributed by atoms with Gasteiger partial charge in [-0.2, -0.15) is 0 Å². The highest BCUT2D eigenvalue weighted by molar-refractivity contribution is 7.89. The summed E-state index contributed by atoms with van der Waals surface area (Å²) < 4.78 is 38.5. The van der Waals surface area contributed by atoms with Gasteiger partial charge in [-0.15, -0.1) is 0 Å². The van der Waals surface area contributed by atoms with Crippen LogP contribution >= 0.6 is 0 Å². The van der Waals surface area contributed by atoms with E-state index in [2.05, 4.69) is 4.72 Å². The van der Waals surface area contributed by atoms with Gasteiger partial charge in [-0.3, -0.25) is 4.79 Å². The summed E-state index contributed by atoms with van der Waals surface area (Å²) in [4.78, 5) is 25.6. The van der Waals surface area contributed by atoms with E-state index in [-0.39, 0.29) is 40.1 Å². The molecule has 168 valence electrons. The van der Waals surface area contributed by atoms with E-state index in [1.807, 2.05) is 0 Å². The molecule has 5 aliphatic rings. The van der Waals surface area contributed by atoms with E-state index < -0.39 is 16.0 Å². The number of esters is 1. The molecule has 0 atom stereocenters. The van der Waals surface area contributed by atoms with Gasteiger partial charge in [0, 0.05) is 11.5 Å².